The third kappa shape index (κ3) is 3.20. The van der Waals surface area contributed by atoms with E-state index in [9.17, 15) is 0 Å². The normalized spacial score (nSPS) is 10.4. The summed E-state index contributed by atoms with van der Waals surface area (Å²) in [5.41, 5.74) is 3.44. The molecule has 2 aromatic carbocycles. The van der Waals surface area contributed by atoms with Crippen molar-refractivity contribution in [1.82, 2.24) is 0 Å². The lowest BCUT2D eigenvalue weighted by Gasteiger charge is -2.11. The summed E-state index contributed by atoms with van der Waals surface area (Å²) in [5, 5.41) is 8.98. The van der Waals surface area contributed by atoms with Gasteiger partial charge in [-0.3, -0.25) is 4.99 Å². The van der Waals surface area contributed by atoms with Gasteiger partial charge in [-0.25, -0.2) is 0 Å². The minimum absolute atomic E-state index is 0.587. The lowest BCUT2D eigenvalue weighted by molar-refractivity contribution is 1.13. The Hall–Kier alpha value is -2.60. The van der Waals surface area contributed by atoms with Crippen LogP contribution in [0.25, 0.3) is 0 Å². The largest absolute Gasteiger partial charge is 0.378 e. The summed E-state index contributed by atoms with van der Waals surface area (Å²) in [6, 6.07) is 17.5. The van der Waals surface area contributed by atoms with Crippen LogP contribution in [0.2, 0.25) is 0 Å². The fourth-order valence-corrected chi connectivity index (χ4v) is 1.68. The second-order valence-electron chi connectivity index (χ2n) is 4.37. The fraction of sp³-hybridized carbons (Fsp3) is 0.125. The van der Waals surface area contributed by atoms with Crippen LogP contribution in [0.3, 0.4) is 0 Å². The molecule has 3 heteroatoms. The number of hydrogen-bond donors (Lipinski definition) is 0. The van der Waals surface area contributed by atoms with Crippen molar-refractivity contribution >= 4 is 17.6 Å². The van der Waals surface area contributed by atoms with Crippen LogP contribution in [0.4, 0.5) is 11.4 Å². The maximum absolute atomic E-state index is 8.98. The Balaban J connectivity index is 2.21. The number of para-hydroxylation sites is 1. The van der Waals surface area contributed by atoms with E-state index in [1.54, 1.807) is 12.3 Å². The molecule has 3 nitrogen and oxygen atoms in total. The molecule has 0 atom stereocenters. The maximum atomic E-state index is 8.98. The van der Waals surface area contributed by atoms with Crippen LogP contribution >= 0.6 is 0 Å². The first-order chi connectivity index (χ1) is 9.20. The smallest absolute Gasteiger partial charge is 0.101 e. The van der Waals surface area contributed by atoms with Crippen molar-refractivity contribution in [2.45, 2.75) is 0 Å². The van der Waals surface area contributed by atoms with E-state index in [1.807, 2.05) is 61.5 Å². The zero-order valence-electron chi connectivity index (χ0n) is 11.0. The van der Waals surface area contributed by atoms with Crippen molar-refractivity contribution in [3.8, 4) is 6.07 Å². The molecular formula is C16H15N3. The van der Waals surface area contributed by atoms with Gasteiger partial charge in [-0.1, -0.05) is 24.3 Å². The van der Waals surface area contributed by atoms with Gasteiger partial charge in [0, 0.05) is 26.0 Å². The molecule has 0 heterocycles. The van der Waals surface area contributed by atoms with Crippen molar-refractivity contribution in [2.75, 3.05) is 19.0 Å². The van der Waals surface area contributed by atoms with Gasteiger partial charge in [0.25, 0.3) is 0 Å². The predicted molar refractivity (Wildman–Crippen MR) is 79.2 cm³/mol. The molecule has 2 rings (SSSR count). The Morgan fingerprint density at radius 1 is 1.05 bits per heavy atom. The number of nitrogens with zero attached hydrogens (tertiary/aromatic N) is 3. The zero-order chi connectivity index (χ0) is 13.7. The van der Waals surface area contributed by atoms with Crippen molar-refractivity contribution in [1.29, 1.82) is 5.26 Å². The Morgan fingerprint density at radius 2 is 1.74 bits per heavy atom. The predicted octanol–water partition coefficient (Wildman–Crippen LogP) is 3.37. The Bertz CT molecular complexity index is 619. The highest BCUT2D eigenvalue weighted by atomic mass is 15.1. The maximum Gasteiger partial charge on any atom is 0.101 e. The topological polar surface area (TPSA) is 39.4 Å². The molecule has 0 fully saturated rings. The van der Waals surface area contributed by atoms with Gasteiger partial charge in [0.15, 0.2) is 0 Å². The second-order valence-corrected chi connectivity index (χ2v) is 4.37. The van der Waals surface area contributed by atoms with Gasteiger partial charge in [0.1, 0.15) is 6.07 Å². The van der Waals surface area contributed by atoms with E-state index in [0.717, 1.165) is 11.3 Å². The molecule has 0 aromatic heterocycles. The van der Waals surface area contributed by atoms with Crippen molar-refractivity contribution in [3.05, 3.63) is 59.7 Å². The number of nitriles is 1. The third-order valence-electron chi connectivity index (χ3n) is 2.79. The molecule has 0 amide bonds. The van der Waals surface area contributed by atoms with E-state index in [4.69, 9.17) is 5.26 Å². The van der Waals surface area contributed by atoms with Gasteiger partial charge in [-0.05, 0) is 29.8 Å². The van der Waals surface area contributed by atoms with E-state index in [1.165, 1.54) is 0 Å². The summed E-state index contributed by atoms with van der Waals surface area (Å²) in [6.07, 6.45) is 1.77. The SMILES string of the molecule is CN(C)c1ccc(/C=N/c2ccccc2C#N)cc1. The lowest BCUT2D eigenvalue weighted by atomic mass is 10.2. The van der Waals surface area contributed by atoms with E-state index in [-0.39, 0.29) is 0 Å². The Kier molecular flexibility index (Phi) is 3.94. The molecule has 0 aliphatic heterocycles. The molecule has 0 aliphatic rings. The summed E-state index contributed by atoms with van der Waals surface area (Å²) in [4.78, 5) is 6.41. The van der Waals surface area contributed by atoms with Crippen LogP contribution in [-0.2, 0) is 0 Å². The molecule has 94 valence electrons. The summed E-state index contributed by atoms with van der Waals surface area (Å²) < 4.78 is 0. The highest BCUT2D eigenvalue weighted by molar-refractivity contribution is 5.83. The van der Waals surface area contributed by atoms with Crippen molar-refractivity contribution in [3.63, 3.8) is 0 Å². The first-order valence-electron chi connectivity index (χ1n) is 6.01. The number of anilines is 1. The average Bonchev–Trinajstić information content (AvgIpc) is 2.45. The first kappa shape index (κ1) is 12.8. The highest BCUT2D eigenvalue weighted by Crippen LogP contribution is 2.17. The summed E-state index contributed by atoms with van der Waals surface area (Å²) in [7, 11) is 4.01. The Labute approximate surface area is 113 Å². The minimum Gasteiger partial charge on any atom is -0.378 e. The zero-order valence-corrected chi connectivity index (χ0v) is 11.0. The molecule has 0 spiro atoms. The van der Waals surface area contributed by atoms with Crippen molar-refractivity contribution in [2.24, 2.45) is 4.99 Å². The molecule has 0 aliphatic carbocycles. The van der Waals surface area contributed by atoms with Crippen LogP contribution in [-0.4, -0.2) is 20.3 Å². The van der Waals surface area contributed by atoms with E-state index in [2.05, 4.69) is 11.1 Å². The number of rotatable bonds is 3. The second kappa shape index (κ2) is 5.83. The van der Waals surface area contributed by atoms with Gasteiger partial charge in [-0.2, -0.15) is 5.26 Å². The molecule has 0 unspecified atom stereocenters. The summed E-state index contributed by atoms with van der Waals surface area (Å²) in [6.45, 7) is 0. The third-order valence-corrected chi connectivity index (χ3v) is 2.79. The van der Waals surface area contributed by atoms with Crippen LogP contribution in [0.1, 0.15) is 11.1 Å². The molecule has 0 radical (unpaired) electrons. The van der Waals surface area contributed by atoms with E-state index in [0.29, 0.717) is 11.3 Å². The lowest BCUT2D eigenvalue weighted by Crippen LogP contribution is -2.08. The van der Waals surface area contributed by atoms with Crippen LogP contribution in [0.5, 0.6) is 0 Å². The molecule has 0 saturated carbocycles. The van der Waals surface area contributed by atoms with Gasteiger partial charge < -0.3 is 4.90 Å². The Morgan fingerprint density at radius 3 is 2.37 bits per heavy atom. The molecule has 2 aromatic rings. The van der Waals surface area contributed by atoms with Crippen LogP contribution in [0, 0.1) is 11.3 Å². The van der Waals surface area contributed by atoms with Gasteiger partial charge in [0.05, 0.1) is 11.3 Å². The van der Waals surface area contributed by atoms with E-state index < -0.39 is 0 Å². The molecule has 0 N–H and O–H groups in total. The number of hydrogen-bond acceptors (Lipinski definition) is 3. The van der Waals surface area contributed by atoms with Gasteiger partial charge in [-0.15, -0.1) is 0 Å². The quantitative estimate of drug-likeness (QED) is 0.782. The molecular weight excluding hydrogens is 234 g/mol. The van der Waals surface area contributed by atoms with Gasteiger partial charge >= 0.3 is 0 Å². The minimum atomic E-state index is 0.587. The number of aliphatic imine (C=N–C) groups is 1. The van der Waals surface area contributed by atoms with Gasteiger partial charge in [0.2, 0.25) is 0 Å². The molecule has 0 saturated heterocycles. The van der Waals surface area contributed by atoms with Crippen LogP contribution in [0.15, 0.2) is 53.5 Å². The van der Waals surface area contributed by atoms with E-state index >= 15 is 0 Å². The number of benzene rings is 2. The summed E-state index contributed by atoms with van der Waals surface area (Å²) in [5.74, 6) is 0. The monoisotopic (exact) mass is 249 g/mol. The fourth-order valence-electron chi connectivity index (χ4n) is 1.68. The molecule has 19 heavy (non-hydrogen) atoms. The highest BCUT2D eigenvalue weighted by Gasteiger charge is 1.98. The average molecular weight is 249 g/mol. The first-order valence-corrected chi connectivity index (χ1v) is 6.01. The summed E-state index contributed by atoms with van der Waals surface area (Å²) >= 11 is 0. The van der Waals surface area contributed by atoms with Crippen LogP contribution < -0.4 is 4.90 Å². The standard InChI is InChI=1S/C16H15N3/c1-19(2)15-9-7-13(8-10-15)12-18-16-6-4-3-5-14(16)11-17/h3-10,12H,1-2H3/b18-12+. The van der Waals surface area contributed by atoms with Crippen molar-refractivity contribution < 1.29 is 0 Å². The molecule has 0 bridgehead atoms.